The van der Waals surface area contributed by atoms with Gasteiger partial charge in [0.15, 0.2) is 0 Å². The molecule has 0 radical (unpaired) electrons. The molecule has 0 saturated heterocycles. The third-order valence-electron chi connectivity index (χ3n) is 6.02. The van der Waals surface area contributed by atoms with Crippen LogP contribution < -0.4 is 10.6 Å². The molecule has 196 valence electrons. The number of nitrogens with zero attached hydrogens (tertiary/aromatic N) is 1. The van der Waals surface area contributed by atoms with E-state index < -0.39 is 30.0 Å². The highest BCUT2D eigenvalue weighted by atomic mass is 16.6. The average molecular weight is 497 g/mol. The Morgan fingerprint density at radius 3 is 2.17 bits per heavy atom. The van der Waals surface area contributed by atoms with E-state index in [2.05, 4.69) is 20.8 Å². The molecule has 0 aromatic heterocycles. The van der Waals surface area contributed by atoms with Gasteiger partial charge in [0.2, 0.25) is 0 Å². The van der Waals surface area contributed by atoms with Crippen molar-refractivity contribution >= 4 is 23.6 Å². The normalized spacial score (nSPS) is 12.6. The molecule has 2 N–H and O–H groups in total. The monoisotopic (exact) mass is 496 g/mol. The molecular formula is C29H40N2O5. The third-order valence-corrected chi connectivity index (χ3v) is 6.02. The lowest BCUT2D eigenvalue weighted by molar-refractivity contribution is -0.159. The molecule has 7 nitrogen and oxygen atoms in total. The molecule has 2 aromatic rings. The van der Waals surface area contributed by atoms with Crippen LogP contribution >= 0.6 is 0 Å². The number of benzene rings is 2. The maximum absolute atomic E-state index is 12.9. The van der Waals surface area contributed by atoms with Gasteiger partial charge in [-0.3, -0.25) is 0 Å². The van der Waals surface area contributed by atoms with Crippen LogP contribution in [0.3, 0.4) is 0 Å². The van der Waals surface area contributed by atoms with Crippen molar-refractivity contribution in [1.29, 1.82) is 0 Å². The fourth-order valence-electron chi connectivity index (χ4n) is 3.97. The van der Waals surface area contributed by atoms with E-state index in [0.717, 1.165) is 30.4 Å². The van der Waals surface area contributed by atoms with Gasteiger partial charge in [0.25, 0.3) is 0 Å². The van der Waals surface area contributed by atoms with Crippen molar-refractivity contribution < 1.29 is 23.9 Å². The molecule has 0 amide bonds. The molecule has 0 spiro atoms. The summed E-state index contributed by atoms with van der Waals surface area (Å²) in [6.07, 6.45) is 3.53. The highest BCUT2D eigenvalue weighted by Crippen LogP contribution is 2.24. The minimum atomic E-state index is -0.972. The molecule has 7 heteroatoms. The smallest absolute Gasteiger partial charge is 0.333 e. The summed E-state index contributed by atoms with van der Waals surface area (Å²) in [5.41, 5.74) is 8.70. The number of anilines is 1. The first-order valence-corrected chi connectivity index (χ1v) is 12.8. The van der Waals surface area contributed by atoms with Crippen molar-refractivity contribution in [3.63, 3.8) is 0 Å². The average Bonchev–Trinajstić information content (AvgIpc) is 2.86. The maximum atomic E-state index is 12.9. The molecule has 0 aliphatic rings. The summed E-state index contributed by atoms with van der Waals surface area (Å²) in [4.78, 5) is 40.0. The first-order valence-electron chi connectivity index (χ1n) is 12.8. The molecule has 0 unspecified atom stereocenters. The van der Waals surface area contributed by atoms with Crippen molar-refractivity contribution in [2.24, 2.45) is 5.73 Å². The fourth-order valence-corrected chi connectivity index (χ4v) is 3.97. The van der Waals surface area contributed by atoms with Crippen molar-refractivity contribution in [3.8, 4) is 0 Å². The summed E-state index contributed by atoms with van der Waals surface area (Å²) in [6.45, 7) is 8.00. The first-order chi connectivity index (χ1) is 17.3. The van der Waals surface area contributed by atoms with Crippen LogP contribution in [0, 0.1) is 0 Å². The number of esters is 3. The van der Waals surface area contributed by atoms with Gasteiger partial charge in [-0.05, 0) is 48.9 Å². The molecule has 0 heterocycles. The van der Waals surface area contributed by atoms with Gasteiger partial charge in [-0.15, -0.1) is 0 Å². The van der Waals surface area contributed by atoms with E-state index in [1.807, 2.05) is 54.6 Å². The Morgan fingerprint density at radius 1 is 0.917 bits per heavy atom. The van der Waals surface area contributed by atoms with Gasteiger partial charge in [0, 0.05) is 5.69 Å². The molecule has 0 fully saturated rings. The Labute approximate surface area is 215 Å². The lowest BCUT2D eigenvalue weighted by atomic mass is 10.0. The van der Waals surface area contributed by atoms with Crippen LogP contribution in [0.25, 0.3) is 0 Å². The Hall–Kier alpha value is -3.19. The Kier molecular flexibility index (Phi) is 12.1. The Bertz CT molecular complexity index is 959. The molecule has 0 saturated carbocycles. The second kappa shape index (κ2) is 15.0. The molecule has 0 aliphatic carbocycles. The largest absolute Gasteiger partial charge is 0.464 e. The second-order valence-electron chi connectivity index (χ2n) is 9.23. The SMILES string of the molecule is CCCCC[C@@H](C(=O)OCC)N(CC(=O)OC(=O)[C@@H](N)Cc1ccccc1)c1ccc(C(C)C)cc1. The van der Waals surface area contributed by atoms with Crippen LogP contribution in [-0.4, -0.2) is 43.1 Å². The van der Waals surface area contributed by atoms with Crippen LogP contribution in [0.15, 0.2) is 54.6 Å². The van der Waals surface area contributed by atoms with Crippen LogP contribution in [0.5, 0.6) is 0 Å². The van der Waals surface area contributed by atoms with E-state index in [9.17, 15) is 14.4 Å². The fraction of sp³-hybridized carbons (Fsp3) is 0.483. The van der Waals surface area contributed by atoms with E-state index in [0.29, 0.717) is 18.0 Å². The van der Waals surface area contributed by atoms with Crippen molar-refractivity contribution in [2.75, 3.05) is 18.1 Å². The van der Waals surface area contributed by atoms with E-state index in [4.69, 9.17) is 15.2 Å². The lowest BCUT2D eigenvalue weighted by Gasteiger charge is -2.31. The summed E-state index contributed by atoms with van der Waals surface area (Å²) < 4.78 is 10.5. The quantitative estimate of drug-likeness (QED) is 0.228. The Balaban J connectivity index is 2.22. The van der Waals surface area contributed by atoms with Gasteiger partial charge in [-0.2, -0.15) is 0 Å². The highest BCUT2D eigenvalue weighted by molar-refractivity contribution is 5.92. The molecule has 0 aliphatic heterocycles. The molecule has 0 bridgehead atoms. The molecule has 2 atom stereocenters. The number of carbonyl (C=O) groups is 3. The van der Waals surface area contributed by atoms with Crippen molar-refractivity contribution in [3.05, 3.63) is 65.7 Å². The number of rotatable bonds is 14. The van der Waals surface area contributed by atoms with Gasteiger partial charge in [0.1, 0.15) is 18.6 Å². The number of carbonyl (C=O) groups excluding carboxylic acids is 3. The van der Waals surface area contributed by atoms with Crippen LogP contribution in [0.4, 0.5) is 5.69 Å². The van der Waals surface area contributed by atoms with E-state index in [-0.39, 0.29) is 19.6 Å². The minimum absolute atomic E-state index is 0.237. The maximum Gasteiger partial charge on any atom is 0.333 e. The molecule has 2 rings (SSSR count). The second-order valence-corrected chi connectivity index (χ2v) is 9.23. The number of nitrogens with two attached hydrogens (primary N) is 1. The zero-order valence-electron chi connectivity index (χ0n) is 21.9. The van der Waals surface area contributed by atoms with Gasteiger partial charge >= 0.3 is 17.9 Å². The standard InChI is InChI=1S/C29H40N2O5/c1-5-7-9-14-26(29(34)35-6-2)31(24-17-15-23(16-18-24)21(3)4)20-27(32)36-28(33)25(30)19-22-12-10-8-11-13-22/h8,10-13,15-18,21,25-26H,5-7,9,14,19-20,30H2,1-4H3/t25-,26-/m0/s1. The van der Waals surface area contributed by atoms with E-state index in [1.165, 1.54) is 0 Å². The summed E-state index contributed by atoms with van der Waals surface area (Å²) in [7, 11) is 0. The predicted molar refractivity (Wildman–Crippen MR) is 142 cm³/mol. The number of hydrogen-bond acceptors (Lipinski definition) is 7. The summed E-state index contributed by atoms with van der Waals surface area (Å²) in [5.74, 6) is -1.62. The van der Waals surface area contributed by atoms with E-state index >= 15 is 0 Å². The first kappa shape index (κ1) is 29.0. The summed E-state index contributed by atoms with van der Waals surface area (Å²) >= 11 is 0. The van der Waals surface area contributed by atoms with Crippen molar-refractivity contribution in [2.45, 2.75) is 77.8 Å². The molecular weight excluding hydrogens is 456 g/mol. The van der Waals surface area contributed by atoms with Crippen LogP contribution in [-0.2, 0) is 30.3 Å². The number of hydrogen-bond donors (Lipinski definition) is 1. The third kappa shape index (κ3) is 9.11. The number of unbranched alkanes of at least 4 members (excludes halogenated alkanes) is 2. The van der Waals surface area contributed by atoms with Gasteiger partial charge in [-0.25, -0.2) is 14.4 Å². The number of ether oxygens (including phenoxy) is 2. The van der Waals surface area contributed by atoms with Crippen molar-refractivity contribution in [1.82, 2.24) is 0 Å². The minimum Gasteiger partial charge on any atom is -0.464 e. The topological polar surface area (TPSA) is 98.9 Å². The summed E-state index contributed by atoms with van der Waals surface area (Å²) in [5, 5.41) is 0. The molecule has 2 aromatic carbocycles. The highest BCUT2D eigenvalue weighted by Gasteiger charge is 2.30. The lowest BCUT2D eigenvalue weighted by Crippen LogP contribution is -2.46. The zero-order chi connectivity index (χ0) is 26.5. The predicted octanol–water partition coefficient (Wildman–Crippen LogP) is 4.77. The zero-order valence-corrected chi connectivity index (χ0v) is 21.9. The van der Waals surface area contributed by atoms with Gasteiger partial charge in [-0.1, -0.05) is 82.5 Å². The van der Waals surface area contributed by atoms with Gasteiger partial charge < -0.3 is 20.1 Å². The molecule has 36 heavy (non-hydrogen) atoms. The van der Waals surface area contributed by atoms with Crippen LogP contribution in [0.1, 0.15) is 70.4 Å². The Morgan fingerprint density at radius 2 is 1.58 bits per heavy atom. The van der Waals surface area contributed by atoms with Gasteiger partial charge in [0.05, 0.1) is 6.61 Å². The summed E-state index contributed by atoms with van der Waals surface area (Å²) in [6, 6.07) is 15.4. The van der Waals surface area contributed by atoms with E-state index in [1.54, 1.807) is 11.8 Å². The van der Waals surface area contributed by atoms with Crippen LogP contribution in [0.2, 0.25) is 0 Å².